The lowest BCUT2D eigenvalue weighted by atomic mass is 9.99. The second-order valence-electron chi connectivity index (χ2n) is 4.27. The normalized spacial score (nSPS) is 18.6. The standard InChI is InChI=1S/C15H13ClO3/c16-11-4-1-10(2-5-11)3-7-14(18)13-9-12(17)6-8-15(13)19/h1,3-10,17,19H,2H2. The molecule has 0 saturated carbocycles. The number of rotatable bonds is 3. The third-order valence-electron chi connectivity index (χ3n) is 2.83. The van der Waals surface area contributed by atoms with Crippen molar-refractivity contribution in [2.24, 2.45) is 5.92 Å². The van der Waals surface area contributed by atoms with Gasteiger partial charge < -0.3 is 10.2 Å². The maximum atomic E-state index is 11.9. The number of allylic oxidation sites excluding steroid dienone is 6. The summed E-state index contributed by atoms with van der Waals surface area (Å²) in [6, 6.07) is 3.86. The highest BCUT2D eigenvalue weighted by Gasteiger charge is 2.10. The fraction of sp³-hybridized carbons (Fsp3) is 0.133. The minimum absolute atomic E-state index is 0.0539. The second kappa shape index (κ2) is 5.76. The van der Waals surface area contributed by atoms with E-state index in [4.69, 9.17) is 11.6 Å². The molecule has 3 nitrogen and oxygen atoms in total. The number of carbonyl (C=O) groups excluding carboxylic acids is 1. The monoisotopic (exact) mass is 276 g/mol. The van der Waals surface area contributed by atoms with Crippen LogP contribution in [0.25, 0.3) is 0 Å². The molecule has 2 rings (SSSR count). The zero-order chi connectivity index (χ0) is 13.8. The molecule has 2 N–H and O–H groups in total. The van der Waals surface area contributed by atoms with E-state index >= 15 is 0 Å². The number of halogens is 1. The Hall–Kier alpha value is -2.00. The molecule has 1 aromatic carbocycles. The molecule has 0 bridgehead atoms. The molecule has 1 aliphatic rings. The molecule has 4 heteroatoms. The van der Waals surface area contributed by atoms with Crippen molar-refractivity contribution in [2.75, 3.05) is 0 Å². The van der Waals surface area contributed by atoms with Crippen molar-refractivity contribution in [3.63, 3.8) is 0 Å². The van der Waals surface area contributed by atoms with Crippen LogP contribution < -0.4 is 0 Å². The molecule has 1 aromatic rings. The lowest BCUT2D eigenvalue weighted by molar-refractivity contribution is 0.104. The third kappa shape index (κ3) is 3.48. The fourth-order valence-corrected chi connectivity index (χ4v) is 1.94. The molecule has 1 aliphatic carbocycles. The summed E-state index contributed by atoms with van der Waals surface area (Å²) in [7, 11) is 0. The van der Waals surface area contributed by atoms with Crippen LogP contribution in [0.2, 0.25) is 0 Å². The number of hydrogen-bond donors (Lipinski definition) is 2. The van der Waals surface area contributed by atoms with Crippen LogP contribution in [-0.4, -0.2) is 16.0 Å². The van der Waals surface area contributed by atoms with Gasteiger partial charge in [-0.25, -0.2) is 0 Å². The van der Waals surface area contributed by atoms with Crippen LogP contribution >= 0.6 is 11.6 Å². The van der Waals surface area contributed by atoms with Gasteiger partial charge in [-0.15, -0.1) is 0 Å². The highest BCUT2D eigenvalue weighted by Crippen LogP contribution is 2.24. The lowest BCUT2D eigenvalue weighted by Crippen LogP contribution is -1.98. The van der Waals surface area contributed by atoms with Gasteiger partial charge in [0, 0.05) is 5.03 Å². The Morgan fingerprint density at radius 2 is 2.16 bits per heavy atom. The van der Waals surface area contributed by atoms with Gasteiger partial charge in [-0.3, -0.25) is 4.79 Å². The van der Waals surface area contributed by atoms with Crippen molar-refractivity contribution in [3.05, 3.63) is 59.2 Å². The van der Waals surface area contributed by atoms with E-state index in [0.717, 1.165) is 6.42 Å². The van der Waals surface area contributed by atoms with E-state index in [1.165, 1.54) is 24.3 Å². The van der Waals surface area contributed by atoms with Crippen molar-refractivity contribution in [2.45, 2.75) is 6.42 Å². The molecular weight excluding hydrogens is 264 g/mol. The van der Waals surface area contributed by atoms with Crippen LogP contribution in [-0.2, 0) is 0 Å². The molecule has 0 aromatic heterocycles. The molecule has 1 atom stereocenters. The van der Waals surface area contributed by atoms with Crippen LogP contribution in [0.4, 0.5) is 0 Å². The molecule has 0 saturated heterocycles. The number of carbonyl (C=O) groups is 1. The van der Waals surface area contributed by atoms with E-state index in [1.807, 2.05) is 12.2 Å². The lowest BCUT2D eigenvalue weighted by Gasteiger charge is -2.08. The van der Waals surface area contributed by atoms with Crippen LogP contribution in [0, 0.1) is 5.92 Å². The Balaban J connectivity index is 2.09. The van der Waals surface area contributed by atoms with Gasteiger partial charge in [0.25, 0.3) is 0 Å². The van der Waals surface area contributed by atoms with Crippen molar-refractivity contribution < 1.29 is 15.0 Å². The number of hydrogen-bond acceptors (Lipinski definition) is 3. The zero-order valence-corrected chi connectivity index (χ0v) is 10.8. The summed E-state index contributed by atoms with van der Waals surface area (Å²) in [5.74, 6) is -0.426. The highest BCUT2D eigenvalue weighted by molar-refractivity contribution is 6.31. The SMILES string of the molecule is O=C(C=CC1C=CC(Cl)=CC1)c1cc(O)ccc1O. The zero-order valence-electron chi connectivity index (χ0n) is 10.1. The fourth-order valence-electron chi connectivity index (χ4n) is 1.78. The molecule has 0 amide bonds. The van der Waals surface area contributed by atoms with E-state index in [9.17, 15) is 15.0 Å². The van der Waals surface area contributed by atoms with E-state index < -0.39 is 0 Å². The van der Waals surface area contributed by atoms with Crippen LogP contribution in [0.15, 0.2) is 53.6 Å². The largest absolute Gasteiger partial charge is 0.508 e. The second-order valence-corrected chi connectivity index (χ2v) is 4.71. The van der Waals surface area contributed by atoms with E-state index in [0.29, 0.717) is 5.03 Å². The number of ketones is 1. The maximum absolute atomic E-state index is 11.9. The average molecular weight is 277 g/mol. The first-order chi connectivity index (χ1) is 9.06. The molecule has 1 unspecified atom stereocenters. The van der Waals surface area contributed by atoms with Gasteiger partial charge in [0.2, 0.25) is 0 Å². The van der Waals surface area contributed by atoms with Gasteiger partial charge in [0.15, 0.2) is 5.78 Å². The third-order valence-corrected chi connectivity index (χ3v) is 3.11. The Bertz CT molecular complexity index is 585. The summed E-state index contributed by atoms with van der Waals surface area (Å²) in [6.07, 6.45) is 9.47. The Labute approximate surface area is 116 Å². The van der Waals surface area contributed by atoms with Gasteiger partial charge in [-0.2, -0.15) is 0 Å². The smallest absolute Gasteiger partial charge is 0.189 e. The summed E-state index contributed by atoms with van der Waals surface area (Å²) in [5.41, 5.74) is 0.0876. The Morgan fingerprint density at radius 3 is 2.84 bits per heavy atom. The number of aromatic hydroxyl groups is 2. The molecule has 0 fully saturated rings. The van der Waals surface area contributed by atoms with Gasteiger partial charge in [-0.05, 0) is 42.7 Å². The number of benzene rings is 1. The van der Waals surface area contributed by atoms with E-state index in [1.54, 1.807) is 12.2 Å². The molecule has 0 heterocycles. The number of phenolic OH excluding ortho intramolecular Hbond substituents is 2. The maximum Gasteiger partial charge on any atom is 0.189 e. The van der Waals surface area contributed by atoms with Gasteiger partial charge in [0.1, 0.15) is 11.5 Å². The van der Waals surface area contributed by atoms with Crippen LogP contribution in [0.1, 0.15) is 16.8 Å². The summed E-state index contributed by atoms with van der Waals surface area (Å²) in [6.45, 7) is 0. The van der Waals surface area contributed by atoms with Gasteiger partial charge >= 0.3 is 0 Å². The van der Waals surface area contributed by atoms with Crippen LogP contribution in [0.5, 0.6) is 11.5 Å². The Morgan fingerprint density at radius 1 is 1.37 bits per heavy atom. The average Bonchev–Trinajstić information content (AvgIpc) is 2.40. The van der Waals surface area contributed by atoms with Crippen molar-refractivity contribution in [1.82, 2.24) is 0 Å². The summed E-state index contributed by atoms with van der Waals surface area (Å²) in [5, 5.41) is 19.6. The number of phenols is 2. The molecule has 0 radical (unpaired) electrons. The first-order valence-corrected chi connectivity index (χ1v) is 6.22. The Kier molecular flexibility index (Phi) is 4.07. The molecule has 0 aliphatic heterocycles. The van der Waals surface area contributed by atoms with Gasteiger partial charge in [-0.1, -0.05) is 29.8 Å². The molecule has 19 heavy (non-hydrogen) atoms. The molecular formula is C15H13ClO3. The van der Waals surface area contributed by atoms with E-state index in [-0.39, 0.29) is 28.8 Å². The first kappa shape index (κ1) is 13.4. The van der Waals surface area contributed by atoms with Crippen molar-refractivity contribution >= 4 is 17.4 Å². The summed E-state index contributed by atoms with van der Waals surface area (Å²) >= 11 is 5.80. The van der Waals surface area contributed by atoms with Crippen LogP contribution in [0.3, 0.4) is 0 Å². The van der Waals surface area contributed by atoms with Gasteiger partial charge in [0.05, 0.1) is 5.56 Å². The van der Waals surface area contributed by atoms with E-state index in [2.05, 4.69) is 0 Å². The summed E-state index contributed by atoms with van der Waals surface area (Å²) in [4.78, 5) is 11.9. The first-order valence-electron chi connectivity index (χ1n) is 5.84. The minimum atomic E-state index is -0.345. The topological polar surface area (TPSA) is 57.5 Å². The minimum Gasteiger partial charge on any atom is -0.508 e. The van der Waals surface area contributed by atoms with Crippen molar-refractivity contribution in [1.29, 1.82) is 0 Å². The highest BCUT2D eigenvalue weighted by atomic mass is 35.5. The predicted molar refractivity (Wildman–Crippen MR) is 74.4 cm³/mol. The van der Waals surface area contributed by atoms with Crippen molar-refractivity contribution in [3.8, 4) is 11.5 Å². The summed E-state index contributed by atoms with van der Waals surface area (Å²) < 4.78 is 0. The quantitative estimate of drug-likeness (QED) is 0.504. The molecule has 98 valence electrons. The molecule has 0 spiro atoms. The predicted octanol–water partition coefficient (Wildman–Crippen LogP) is 3.54.